The molecule has 164 valence electrons. The van der Waals surface area contributed by atoms with Gasteiger partial charge >= 0.3 is 11.9 Å². The van der Waals surface area contributed by atoms with Crippen molar-refractivity contribution < 1.29 is 23.8 Å². The van der Waals surface area contributed by atoms with Gasteiger partial charge in [0.05, 0.1) is 26.4 Å². The van der Waals surface area contributed by atoms with E-state index in [9.17, 15) is 9.59 Å². The molecule has 0 amide bonds. The smallest absolute Gasteiger partial charge is 0.325 e. The van der Waals surface area contributed by atoms with Crippen LogP contribution in [0, 0.1) is 5.41 Å². The molecule has 1 unspecified atom stereocenters. The number of anilines is 1. The molecule has 3 atom stereocenters. The van der Waals surface area contributed by atoms with Crippen LogP contribution in [0.25, 0.3) is 0 Å². The molecule has 1 aliphatic carbocycles. The maximum atomic E-state index is 13.4. The van der Waals surface area contributed by atoms with Gasteiger partial charge in [-0.2, -0.15) is 0 Å². The molecular formula is C25H29NO5. The molecule has 0 spiro atoms. The first-order valence-electron chi connectivity index (χ1n) is 10.8. The first-order valence-corrected chi connectivity index (χ1v) is 10.8. The number of benzene rings is 2. The highest BCUT2D eigenvalue weighted by Crippen LogP contribution is 2.62. The van der Waals surface area contributed by atoms with Gasteiger partial charge in [0.25, 0.3) is 0 Å². The maximum Gasteiger partial charge on any atom is 0.325 e. The fourth-order valence-electron chi connectivity index (χ4n) is 5.51. The minimum Gasteiger partial charge on any atom is -0.497 e. The number of hydrogen-bond donors (Lipinski definition) is 0. The van der Waals surface area contributed by atoms with Gasteiger partial charge in [-0.3, -0.25) is 9.59 Å². The lowest BCUT2D eigenvalue weighted by molar-refractivity contribution is -0.172. The third-order valence-electron chi connectivity index (χ3n) is 6.74. The van der Waals surface area contributed by atoms with Crippen LogP contribution in [0.3, 0.4) is 0 Å². The van der Waals surface area contributed by atoms with Crippen molar-refractivity contribution >= 4 is 17.6 Å². The van der Waals surface area contributed by atoms with Crippen molar-refractivity contribution in [2.24, 2.45) is 5.41 Å². The summed E-state index contributed by atoms with van der Waals surface area (Å²) >= 11 is 0. The van der Waals surface area contributed by atoms with Gasteiger partial charge in [-0.1, -0.05) is 30.3 Å². The standard InChI is InChI=1S/C25H29NO5/c1-5-30-23(27)25(24(28)31-6-2)15-19(16-11-13-17(29-4)14-12-16)21-18-9-7-8-10-20(18)26(3)22(21)25/h7-14,19,21-22H,5-6,15H2,1-4H3/t19?,21-,22-/m1/s1. The fraction of sp³-hybridized carbons (Fsp3) is 0.440. The van der Waals surface area contributed by atoms with Gasteiger partial charge in [-0.15, -0.1) is 0 Å². The molecule has 0 radical (unpaired) electrons. The number of rotatable bonds is 6. The molecule has 2 aromatic rings. The molecule has 4 rings (SSSR count). The average molecular weight is 424 g/mol. The van der Waals surface area contributed by atoms with E-state index in [1.165, 1.54) is 0 Å². The summed E-state index contributed by atoms with van der Waals surface area (Å²) < 4.78 is 16.3. The number of fused-ring (bicyclic) bond motifs is 3. The summed E-state index contributed by atoms with van der Waals surface area (Å²) in [5, 5.41) is 0. The van der Waals surface area contributed by atoms with Crippen LogP contribution in [0.5, 0.6) is 5.75 Å². The summed E-state index contributed by atoms with van der Waals surface area (Å²) in [5.41, 5.74) is 1.85. The highest BCUT2D eigenvalue weighted by Gasteiger charge is 2.68. The Hall–Kier alpha value is -3.02. The summed E-state index contributed by atoms with van der Waals surface area (Å²) in [5.74, 6) is -0.318. The zero-order valence-electron chi connectivity index (χ0n) is 18.5. The Labute approximate surface area is 183 Å². The van der Waals surface area contributed by atoms with Crippen molar-refractivity contribution in [2.75, 3.05) is 32.3 Å². The second-order valence-corrected chi connectivity index (χ2v) is 8.14. The highest BCUT2D eigenvalue weighted by molar-refractivity contribution is 6.03. The van der Waals surface area contributed by atoms with Crippen LogP contribution < -0.4 is 9.64 Å². The monoisotopic (exact) mass is 423 g/mol. The van der Waals surface area contributed by atoms with Crippen LogP contribution in [-0.4, -0.2) is 45.4 Å². The summed E-state index contributed by atoms with van der Waals surface area (Å²) in [7, 11) is 3.59. The first kappa shape index (κ1) is 21.2. The van der Waals surface area contributed by atoms with Gasteiger partial charge in [0, 0.05) is 18.7 Å². The number of ether oxygens (including phenoxy) is 3. The van der Waals surface area contributed by atoms with Crippen molar-refractivity contribution in [1.29, 1.82) is 0 Å². The van der Waals surface area contributed by atoms with Gasteiger partial charge in [0.1, 0.15) is 5.75 Å². The molecule has 1 aliphatic heterocycles. The summed E-state index contributed by atoms with van der Waals surface area (Å²) in [6, 6.07) is 15.6. The van der Waals surface area contributed by atoms with Crippen molar-refractivity contribution in [3.8, 4) is 5.75 Å². The SMILES string of the molecule is CCOC(=O)C1(C(=O)OCC)CC(c2ccc(OC)cc2)[C@H]2c3ccccc3N(C)[C@H]21. The Morgan fingerprint density at radius 2 is 1.61 bits per heavy atom. The third kappa shape index (κ3) is 3.16. The van der Waals surface area contributed by atoms with E-state index in [1.807, 2.05) is 49.5 Å². The molecular weight excluding hydrogens is 394 g/mol. The minimum atomic E-state index is -1.39. The van der Waals surface area contributed by atoms with E-state index < -0.39 is 17.4 Å². The van der Waals surface area contributed by atoms with Crippen molar-refractivity contribution in [3.05, 3.63) is 59.7 Å². The number of likely N-dealkylation sites (N-methyl/N-ethyl adjacent to an activating group) is 1. The number of para-hydroxylation sites is 1. The van der Waals surface area contributed by atoms with Crippen LogP contribution >= 0.6 is 0 Å². The van der Waals surface area contributed by atoms with Crippen molar-refractivity contribution in [2.45, 2.75) is 38.1 Å². The number of carbonyl (C=O) groups excluding carboxylic acids is 2. The Balaban J connectivity index is 1.89. The molecule has 6 heteroatoms. The van der Waals surface area contributed by atoms with Crippen LogP contribution in [0.1, 0.15) is 43.2 Å². The van der Waals surface area contributed by atoms with E-state index in [1.54, 1.807) is 21.0 Å². The number of methoxy groups -OCH3 is 1. The van der Waals surface area contributed by atoms with Crippen LogP contribution in [0.2, 0.25) is 0 Å². The molecule has 31 heavy (non-hydrogen) atoms. The maximum absolute atomic E-state index is 13.4. The van der Waals surface area contributed by atoms with Gasteiger partial charge in [0.15, 0.2) is 5.41 Å². The second kappa shape index (κ2) is 8.25. The molecule has 1 saturated carbocycles. The fourth-order valence-corrected chi connectivity index (χ4v) is 5.51. The number of carbonyl (C=O) groups is 2. The lowest BCUT2D eigenvalue weighted by Crippen LogP contribution is -2.53. The van der Waals surface area contributed by atoms with E-state index in [2.05, 4.69) is 11.0 Å². The average Bonchev–Trinajstić information content (AvgIpc) is 3.30. The van der Waals surface area contributed by atoms with E-state index >= 15 is 0 Å². The van der Waals surface area contributed by atoms with Gasteiger partial charge in [-0.05, 0) is 55.5 Å². The molecule has 1 heterocycles. The van der Waals surface area contributed by atoms with Crippen molar-refractivity contribution in [3.63, 3.8) is 0 Å². The minimum absolute atomic E-state index is 0.0385. The Kier molecular flexibility index (Phi) is 5.65. The number of esters is 2. The molecule has 0 bridgehead atoms. The van der Waals surface area contributed by atoms with Gasteiger partial charge in [-0.25, -0.2) is 0 Å². The second-order valence-electron chi connectivity index (χ2n) is 8.14. The molecule has 2 aliphatic rings. The zero-order chi connectivity index (χ0) is 22.2. The van der Waals surface area contributed by atoms with E-state index in [4.69, 9.17) is 14.2 Å². The van der Waals surface area contributed by atoms with Crippen LogP contribution in [-0.2, 0) is 19.1 Å². The lowest BCUT2D eigenvalue weighted by Gasteiger charge is -2.35. The number of nitrogens with zero attached hydrogens (tertiary/aromatic N) is 1. The molecule has 2 aromatic carbocycles. The van der Waals surface area contributed by atoms with E-state index in [-0.39, 0.29) is 31.1 Å². The third-order valence-corrected chi connectivity index (χ3v) is 6.74. The Morgan fingerprint density at radius 1 is 1.00 bits per heavy atom. The van der Waals surface area contributed by atoms with Crippen LogP contribution in [0.4, 0.5) is 5.69 Å². The van der Waals surface area contributed by atoms with Crippen LogP contribution in [0.15, 0.2) is 48.5 Å². The zero-order valence-corrected chi connectivity index (χ0v) is 18.5. The van der Waals surface area contributed by atoms with Crippen molar-refractivity contribution in [1.82, 2.24) is 0 Å². The summed E-state index contributed by atoms with van der Waals surface area (Å²) in [6.07, 6.45) is 0.338. The quantitative estimate of drug-likeness (QED) is 0.519. The lowest BCUT2D eigenvalue weighted by atomic mass is 9.80. The molecule has 0 N–H and O–H groups in total. The van der Waals surface area contributed by atoms with Gasteiger partial charge < -0.3 is 19.1 Å². The highest BCUT2D eigenvalue weighted by atomic mass is 16.6. The van der Waals surface area contributed by atoms with Gasteiger partial charge in [0.2, 0.25) is 0 Å². The first-order chi connectivity index (χ1) is 15.0. The molecule has 0 aromatic heterocycles. The Morgan fingerprint density at radius 3 is 2.19 bits per heavy atom. The molecule has 1 fully saturated rings. The van der Waals surface area contributed by atoms with E-state index in [0.717, 1.165) is 22.6 Å². The predicted octanol–water partition coefficient (Wildman–Crippen LogP) is 3.90. The number of hydrogen-bond acceptors (Lipinski definition) is 6. The largest absolute Gasteiger partial charge is 0.497 e. The molecule has 6 nitrogen and oxygen atoms in total. The summed E-state index contributed by atoms with van der Waals surface area (Å²) in [6.45, 7) is 3.94. The normalized spacial score (nSPS) is 23.1. The Bertz CT molecular complexity index is 952. The predicted molar refractivity (Wildman–Crippen MR) is 117 cm³/mol. The molecule has 0 saturated heterocycles. The summed E-state index contributed by atoms with van der Waals surface area (Å²) in [4.78, 5) is 28.9. The van der Waals surface area contributed by atoms with E-state index in [0.29, 0.717) is 6.42 Å². The topological polar surface area (TPSA) is 65.1 Å².